The van der Waals surface area contributed by atoms with E-state index in [0.29, 0.717) is 23.3 Å². The van der Waals surface area contributed by atoms with Gasteiger partial charge in [-0.15, -0.1) is 0 Å². The second-order valence-corrected chi connectivity index (χ2v) is 5.95. The van der Waals surface area contributed by atoms with Gasteiger partial charge in [0.05, 0.1) is 25.3 Å². The maximum Gasteiger partial charge on any atom is 0.326 e. The number of nitrogens with one attached hydrogen (secondary N) is 2. The third kappa shape index (κ3) is 2.54. The molecule has 0 bridgehead atoms. The Kier molecular flexibility index (Phi) is 3.76. The number of fused-ring (bicyclic) bond motifs is 3. The predicted molar refractivity (Wildman–Crippen MR) is 99.3 cm³/mol. The standard InChI is InChI=1S/C19H17N3O4/c1-25-12-5-3-11(4-6-12)10-22-15-9-13(26-2)7-8-14(15)16-17(22)18(23)21-19(24)20-16/h3-9H,10H2,1-2H3,(H2,20,21,23,24). The van der Waals surface area contributed by atoms with Gasteiger partial charge in [0.1, 0.15) is 17.0 Å². The van der Waals surface area contributed by atoms with E-state index in [-0.39, 0.29) is 0 Å². The summed E-state index contributed by atoms with van der Waals surface area (Å²) in [7, 11) is 3.20. The molecule has 132 valence electrons. The molecule has 2 aromatic heterocycles. The number of nitrogens with zero attached hydrogens (tertiary/aromatic N) is 1. The van der Waals surface area contributed by atoms with Gasteiger partial charge in [-0.05, 0) is 29.8 Å². The van der Waals surface area contributed by atoms with Crippen LogP contribution < -0.4 is 20.7 Å². The van der Waals surface area contributed by atoms with Crippen molar-refractivity contribution in [2.24, 2.45) is 0 Å². The van der Waals surface area contributed by atoms with Crippen molar-refractivity contribution in [1.82, 2.24) is 14.5 Å². The van der Waals surface area contributed by atoms with Crippen LogP contribution in [-0.4, -0.2) is 28.8 Å². The van der Waals surface area contributed by atoms with Crippen molar-refractivity contribution in [2.75, 3.05) is 14.2 Å². The Morgan fingerprint density at radius 3 is 2.31 bits per heavy atom. The summed E-state index contributed by atoms with van der Waals surface area (Å²) >= 11 is 0. The average molecular weight is 351 g/mol. The molecule has 0 saturated carbocycles. The van der Waals surface area contributed by atoms with Crippen LogP contribution >= 0.6 is 0 Å². The van der Waals surface area contributed by atoms with Gasteiger partial charge in [-0.2, -0.15) is 0 Å². The summed E-state index contributed by atoms with van der Waals surface area (Å²) in [6, 6.07) is 13.1. The van der Waals surface area contributed by atoms with Crippen molar-refractivity contribution in [2.45, 2.75) is 6.54 Å². The molecule has 2 heterocycles. The summed E-state index contributed by atoms with van der Waals surface area (Å²) in [6.45, 7) is 0.465. The minimum atomic E-state index is -0.526. The molecule has 7 nitrogen and oxygen atoms in total. The van der Waals surface area contributed by atoms with E-state index in [1.807, 2.05) is 41.0 Å². The Hall–Kier alpha value is -3.48. The largest absolute Gasteiger partial charge is 0.497 e. The van der Waals surface area contributed by atoms with Gasteiger partial charge in [-0.25, -0.2) is 4.79 Å². The van der Waals surface area contributed by atoms with Crippen LogP contribution in [0.2, 0.25) is 0 Å². The van der Waals surface area contributed by atoms with Crippen molar-refractivity contribution >= 4 is 21.9 Å². The fraction of sp³-hybridized carbons (Fsp3) is 0.158. The zero-order valence-corrected chi connectivity index (χ0v) is 14.3. The zero-order chi connectivity index (χ0) is 18.3. The first-order chi connectivity index (χ1) is 12.6. The van der Waals surface area contributed by atoms with E-state index in [4.69, 9.17) is 9.47 Å². The molecule has 4 aromatic rings. The molecule has 0 amide bonds. The van der Waals surface area contributed by atoms with Crippen LogP contribution in [0.5, 0.6) is 11.5 Å². The summed E-state index contributed by atoms with van der Waals surface area (Å²) in [4.78, 5) is 29.3. The molecule has 0 spiro atoms. The molecule has 4 rings (SSSR count). The minimum absolute atomic E-state index is 0.420. The van der Waals surface area contributed by atoms with E-state index in [1.165, 1.54) is 0 Å². The van der Waals surface area contributed by atoms with Gasteiger partial charge >= 0.3 is 5.69 Å². The molecule has 0 unspecified atom stereocenters. The van der Waals surface area contributed by atoms with Crippen LogP contribution in [0.25, 0.3) is 21.9 Å². The maximum absolute atomic E-state index is 12.5. The molecular weight excluding hydrogens is 334 g/mol. The second-order valence-electron chi connectivity index (χ2n) is 5.95. The average Bonchev–Trinajstić information content (AvgIpc) is 2.95. The van der Waals surface area contributed by atoms with E-state index in [9.17, 15) is 9.59 Å². The zero-order valence-electron chi connectivity index (χ0n) is 14.3. The highest BCUT2D eigenvalue weighted by Gasteiger charge is 2.16. The van der Waals surface area contributed by atoms with Crippen LogP contribution in [0.3, 0.4) is 0 Å². The number of aromatic nitrogens is 3. The second kappa shape index (κ2) is 6.11. The molecular formula is C19H17N3O4. The van der Waals surface area contributed by atoms with Gasteiger partial charge < -0.3 is 19.0 Å². The van der Waals surface area contributed by atoms with Crippen LogP contribution in [-0.2, 0) is 6.54 Å². The number of methoxy groups -OCH3 is 2. The Balaban J connectivity index is 2.00. The number of hydrogen-bond acceptors (Lipinski definition) is 4. The molecule has 0 radical (unpaired) electrons. The lowest BCUT2D eigenvalue weighted by Crippen LogP contribution is -2.23. The Morgan fingerprint density at radius 2 is 1.62 bits per heavy atom. The molecule has 2 N–H and O–H groups in total. The van der Waals surface area contributed by atoms with Crippen LogP contribution in [0, 0.1) is 0 Å². The van der Waals surface area contributed by atoms with Gasteiger partial charge in [0, 0.05) is 18.0 Å². The molecule has 7 heteroatoms. The third-order valence-corrected chi connectivity index (χ3v) is 4.45. The summed E-state index contributed by atoms with van der Waals surface area (Å²) in [5, 5.41) is 0.789. The number of hydrogen-bond donors (Lipinski definition) is 2. The van der Waals surface area contributed by atoms with Gasteiger partial charge in [0.25, 0.3) is 5.56 Å². The van der Waals surface area contributed by atoms with E-state index in [0.717, 1.165) is 22.2 Å². The lowest BCUT2D eigenvalue weighted by Gasteiger charge is -2.09. The summed E-state index contributed by atoms with van der Waals surface area (Å²) in [5.41, 5.74) is 1.79. The molecule has 0 aliphatic rings. The SMILES string of the molecule is COc1ccc(Cn2c3cc(OC)ccc3c3[nH]c(=O)[nH]c(=O)c32)cc1. The van der Waals surface area contributed by atoms with Gasteiger partial charge in [-0.1, -0.05) is 12.1 Å². The van der Waals surface area contributed by atoms with Crippen molar-refractivity contribution in [3.05, 3.63) is 68.9 Å². The fourth-order valence-electron chi connectivity index (χ4n) is 3.20. The molecule has 0 atom stereocenters. The number of aromatic amines is 2. The highest BCUT2D eigenvalue weighted by Crippen LogP contribution is 2.29. The van der Waals surface area contributed by atoms with Gasteiger partial charge in [0.2, 0.25) is 0 Å². The third-order valence-electron chi connectivity index (χ3n) is 4.45. The van der Waals surface area contributed by atoms with Gasteiger partial charge in [0.15, 0.2) is 0 Å². The van der Waals surface area contributed by atoms with Crippen LogP contribution in [0.15, 0.2) is 52.1 Å². The van der Waals surface area contributed by atoms with Crippen molar-refractivity contribution in [1.29, 1.82) is 0 Å². The van der Waals surface area contributed by atoms with Crippen molar-refractivity contribution < 1.29 is 9.47 Å². The van der Waals surface area contributed by atoms with Gasteiger partial charge in [-0.3, -0.25) is 9.78 Å². The Morgan fingerprint density at radius 1 is 0.923 bits per heavy atom. The number of ether oxygens (including phenoxy) is 2. The highest BCUT2D eigenvalue weighted by molar-refractivity contribution is 6.05. The molecule has 0 saturated heterocycles. The van der Waals surface area contributed by atoms with E-state index in [1.54, 1.807) is 20.3 Å². The molecule has 0 aliphatic carbocycles. The molecule has 0 aliphatic heterocycles. The Labute approximate surface area is 147 Å². The molecule has 2 aromatic carbocycles. The first-order valence-corrected chi connectivity index (χ1v) is 8.06. The van der Waals surface area contributed by atoms with Crippen molar-refractivity contribution in [3.63, 3.8) is 0 Å². The van der Waals surface area contributed by atoms with Crippen LogP contribution in [0.4, 0.5) is 0 Å². The van der Waals surface area contributed by atoms with E-state index in [2.05, 4.69) is 9.97 Å². The maximum atomic E-state index is 12.5. The first kappa shape index (κ1) is 16.0. The van der Waals surface area contributed by atoms with E-state index < -0.39 is 11.2 Å². The summed E-state index contributed by atoms with van der Waals surface area (Å²) in [6.07, 6.45) is 0. The quantitative estimate of drug-likeness (QED) is 0.590. The van der Waals surface area contributed by atoms with E-state index >= 15 is 0 Å². The topological polar surface area (TPSA) is 89.1 Å². The lowest BCUT2D eigenvalue weighted by atomic mass is 10.2. The first-order valence-electron chi connectivity index (χ1n) is 8.06. The number of benzene rings is 2. The smallest absolute Gasteiger partial charge is 0.326 e. The van der Waals surface area contributed by atoms with Crippen LogP contribution in [0.1, 0.15) is 5.56 Å². The normalized spacial score (nSPS) is 11.2. The summed E-state index contributed by atoms with van der Waals surface area (Å²) in [5.74, 6) is 1.44. The molecule has 26 heavy (non-hydrogen) atoms. The number of H-pyrrole nitrogens is 2. The fourth-order valence-corrected chi connectivity index (χ4v) is 3.20. The van der Waals surface area contributed by atoms with Crippen molar-refractivity contribution in [3.8, 4) is 11.5 Å². The lowest BCUT2D eigenvalue weighted by molar-refractivity contribution is 0.414. The summed E-state index contributed by atoms with van der Waals surface area (Å²) < 4.78 is 12.4. The highest BCUT2D eigenvalue weighted by atomic mass is 16.5. The predicted octanol–water partition coefficient (Wildman–Crippen LogP) is 2.24. The minimum Gasteiger partial charge on any atom is -0.497 e. The Bertz CT molecular complexity index is 1220. The molecule has 0 fully saturated rings. The monoisotopic (exact) mass is 351 g/mol. The number of rotatable bonds is 4.